The Morgan fingerprint density at radius 1 is 1.27 bits per heavy atom. The van der Waals surface area contributed by atoms with Crippen LogP contribution in [0.2, 0.25) is 5.02 Å². The van der Waals surface area contributed by atoms with E-state index in [9.17, 15) is 32.3 Å². The van der Waals surface area contributed by atoms with Gasteiger partial charge in [0.05, 0.1) is 16.3 Å². The van der Waals surface area contributed by atoms with E-state index < -0.39 is 62.3 Å². The average molecular weight is 468 g/mol. The molecule has 1 aromatic carbocycles. The molecule has 0 amide bonds. The van der Waals surface area contributed by atoms with Crippen LogP contribution in [0, 0.1) is 5.82 Å². The van der Waals surface area contributed by atoms with Crippen LogP contribution in [-0.2, 0) is 14.9 Å². The van der Waals surface area contributed by atoms with E-state index in [0.717, 1.165) is 0 Å². The minimum atomic E-state index is -4.15. The highest BCUT2D eigenvalue weighted by Crippen LogP contribution is 2.30. The maximum absolute atomic E-state index is 14.4. The maximum Gasteiger partial charge on any atom is 0.365 e. The standard InChI is InChI=1S/C17H14Cl2F3N3O5/c1-3-12(7(2)26)30-15(28)8-4-11(10(20)5-9(8)18)24-14(27)6-13(17(19,21)22)25(23)16(24)29/h4-6,12H,3,23H2,1-2H3. The molecule has 0 aliphatic carbocycles. The van der Waals surface area contributed by atoms with Gasteiger partial charge in [-0.1, -0.05) is 18.5 Å². The van der Waals surface area contributed by atoms with Gasteiger partial charge in [0.2, 0.25) is 0 Å². The molecule has 0 fully saturated rings. The number of nitrogens with zero attached hydrogens (tertiary/aromatic N) is 2. The van der Waals surface area contributed by atoms with Crippen LogP contribution in [0.5, 0.6) is 0 Å². The number of esters is 1. The number of carbonyl (C=O) groups excluding carboxylic acids is 2. The zero-order valence-electron chi connectivity index (χ0n) is 15.4. The van der Waals surface area contributed by atoms with Gasteiger partial charge in [-0.3, -0.25) is 9.59 Å². The number of nitrogen functional groups attached to an aromatic ring is 1. The Morgan fingerprint density at radius 3 is 2.37 bits per heavy atom. The smallest absolute Gasteiger partial charge is 0.365 e. The highest BCUT2D eigenvalue weighted by molar-refractivity contribution is 6.33. The van der Waals surface area contributed by atoms with Gasteiger partial charge in [-0.25, -0.2) is 23.2 Å². The molecule has 13 heteroatoms. The quantitative estimate of drug-likeness (QED) is 0.396. The molecule has 0 aliphatic heterocycles. The van der Waals surface area contributed by atoms with E-state index in [1.54, 1.807) is 6.92 Å². The molecule has 1 aromatic heterocycles. The highest BCUT2D eigenvalue weighted by atomic mass is 35.5. The van der Waals surface area contributed by atoms with Crippen LogP contribution in [-0.4, -0.2) is 27.1 Å². The Balaban J connectivity index is 2.68. The summed E-state index contributed by atoms with van der Waals surface area (Å²) < 4.78 is 46.1. The SMILES string of the molecule is CCC(OC(=O)c1cc(-n2c(=O)cc(C(F)(F)Cl)n(N)c2=O)c(F)cc1Cl)C(C)=O. The fourth-order valence-electron chi connectivity index (χ4n) is 2.51. The summed E-state index contributed by atoms with van der Waals surface area (Å²) in [6.45, 7) is 2.77. The minimum absolute atomic E-state index is 0.108. The Hall–Kier alpha value is -2.79. The van der Waals surface area contributed by atoms with Crippen molar-refractivity contribution in [3.05, 3.63) is 61.1 Å². The van der Waals surface area contributed by atoms with Crippen LogP contribution in [0.1, 0.15) is 36.3 Å². The number of aromatic nitrogens is 2. The third-order valence-corrected chi connectivity index (χ3v) is 4.51. The number of hydrogen-bond donors (Lipinski definition) is 1. The molecule has 30 heavy (non-hydrogen) atoms. The number of ether oxygens (including phenoxy) is 1. The number of rotatable bonds is 6. The van der Waals surface area contributed by atoms with Crippen molar-refractivity contribution in [2.75, 3.05) is 5.84 Å². The molecule has 0 bridgehead atoms. The lowest BCUT2D eigenvalue weighted by Gasteiger charge is -2.16. The number of halogens is 5. The second-order valence-corrected chi connectivity index (χ2v) is 6.93. The van der Waals surface area contributed by atoms with Crippen LogP contribution < -0.4 is 17.1 Å². The molecule has 162 valence electrons. The zero-order valence-corrected chi connectivity index (χ0v) is 16.9. The van der Waals surface area contributed by atoms with Crippen LogP contribution in [0.25, 0.3) is 5.69 Å². The molecule has 1 unspecified atom stereocenters. The monoisotopic (exact) mass is 467 g/mol. The van der Waals surface area contributed by atoms with E-state index in [1.807, 2.05) is 0 Å². The second kappa shape index (κ2) is 8.52. The van der Waals surface area contributed by atoms with Crippen molar-refractivity contribution >= 4 is 35.0 Å². The molecule has 2 aromatic rings. The molecule has 1 atom stereocenters. The van der Waals surface area contributed by atoms with Crippen molar-refractivity contribution in [2.24, 2.45) is 0 Å². The van der Waals surface area contributed by atoms with Gasteiger partial charge in [-0.2, -0.15) is 8.78 Å². The Morgan fingerprint density at radius 2 is 1.87 bits per heavy atom. The Labute approximate surface area is 176 Å². The normalized spacial score (nSPS) is 12.5. The summed E-state index contributed by atoms with van der Waals surface area (Å²) >= 11 is 10.7. The fraction of sp³-hybridized carbons (Fsp3) is 0.294. The molecule has 2 N–H and O–H groups in total. The molecule has 8 nitrogen and oxygen atoms in total. The summed E-state index contributed by atoms with van der Waals surface area (Å²) in [7, 11) is 0. The summed E-state index contributed by atoms with van der Waals surface area (Å²) in [6, 6.07) is 1.55. The van der Waals surface area contributed by atoms with E-state index in [0.29, 0.717) is 12.1 Å². The topological polar surface area (TPSA) is 113 Å². The maximum atomic E-state index is 14.4. The second-order valence-electron chi connectivity index (χ2n) is 6.05. The van der Waals surface area contributed by atoms with Crippen LogP contribution in [0.4, 0.5) is 13.2 Å². The van der Waals surface area contributed by atoms with E-state index in [2.05, 4.69) is 0 Å². The predicted molar refractivity (Wildman–Crippen MR) is 101 cm³/mol. The Bertz CT molecular complexity index is 1140. The minimum Gasteiger partial charge on any atom is -0.451 e. The lowest BCUT2D eigenvalue weighted by molar-refractivity contribution is -0.125. The van der Waals surface area contributed by atoms with Crippen molar-refractivity contribution < 1.29 is 27.5 Å². The van der Waals surface area contributed by atoms with Crippen LogP contribution >= 0.6 is 23.2 Å². The fourth-order valence-corrected chi connectivity index (χ4v) is 2.88. The lowest BCUT2D eigenvalue weighted by atomic mass is 10.1. The summed E-state index contributed by atoms with van der Waals surface area (Å²) in [5, 5.41) is -4.59. The first-order valence-corrected chi connectivity index (χ1v) is 8.97. The molecule has 0 saturated carbocycles. The average Bonchev–Trinajstić information content (AvgIpc) is 2.62. The predicted octanol–water partition coefficient (Wildman–Crippen LogP) is 2.32. The molecule has 0 radical (unpaired) electrons. The number of alkyl halides is 3. The number of hydrogen-bond acceptors (Lipinski definition) is 6. The summed E-state index contributed by atoms with van der Waals surface area (Å²) in [5.74, 6) is 2.45. The summed E-state index contributed by atoms with van der Waals surface area (Å²) in [6.07, 6.45) is -0.950. The first-order chi connectivity index (χ1) is 13.8. The van der Waals surface area contributed by atoms with Gasteiger partial charge < -0.3 is 10.6 Å². The zero-order chi connectivity index (χ0) is 23.0. The molecular formula is C17H14Cl2F3N3O5. The summed E-state index contributed by atoms with van der Waals surface area (Å²) in [4.78, 5) is 48.4. The van der Waals surface area contributed by atoms with Crippen molar-refractivity contribution in [3.8, 4) is 5.69 Å². The molecule has 0 aliphatic rings. The number of nitrogens with two attached hydrogens (primary N) is 1. The number of ketones is 1. The third-order valence-electron chi connectivity index (χ3n) is 4.00. The number of Topliss-reactive ketones (excluding diaryl/α,β-unsaturated/α-hetero) is 1. The molecule has 1 heterocycles. The Kier molecular flexibility index (Phi) is 6.67. The van der Waals surface area contributed by atoms with Gasteiger partial charge in [-0.15, -0.1) is 0 Å². The molecule has 0 spiro atoms. The first-order valence-electron chi connectivity index (χ1n) is 8.21. The van der Waals surface area contributed by atoms with Crippen molar-refractivity contribution in [2.45, 2.75) is 31.8 Å². The van der Waals surface area contributed by atoms with Gasteiger partial charge in [0.15, 0.2) is 11.9 Å². The van der Waals surface area contributed by atoms with Gasteiger partial charge in [0.1, 0.15) is 11.5 Å². The van der Waals surface area contributed by atoms with Gasteiger partial charge in [-0.05, 0) is 37.1 Å². The van der Waals surface area contributed by atoms with E-state index in [4.69, 9.17) is 33.8 Å². The largest absolute Gasteiger partial charge is 0.451 e. The number of carbonyl (C=O) groups is 2. The summed E-state index contributed by atoms with van der Waals surface area (Å²) in [5.41, 5.74) is -5.56. The highest BCUT2D eigenvalue weighted by Gasteiger charge is 2.34. The van der Waals surface area contributed by atoms with Crippen LogP contribution in [0.15, 0.2) is 27.8 Å². The first kappa shape index (κ1) is 23.5. The van der Waals surface area contributed by atoms with Gasteiger partial charge in [0, 0.05) is 6.07 Å². The van der Waals surface area contributed by atoms with E-state index in [1.165, 1.54) is 6.92 Å². The van der Waals surface area contributed by atoms with Crippen molar-refractivity contribution in [1.82, 2.24) is 9.24 Å². The molecule has 0 saturated heterocycles. The van der Waals surface area contributed by atoms with Gasteiger partial charge >= 0.3 is 17.0 Å². The van der Waals surface area contributed by atoms with Crippen LogP contribution in [0.3, 0.4) is 0 Å². The van der Waals surface area contributed by atoms with E-state index >= 15 is 0 Å². The van der Waals surface area contributed by atoms with Crippen molar-refractivity contribution in [3.63, 3.8) is 0 Å². The molecular weight excluding hydrogens is 454 g/mol. The number of benzene rings is 1. The van der Waals surface area contributed by atoms with Crippen molar-refractivity contribution in [1.29, 1.82) is 0 Å². The lowest BCUT2D eigenvalue weighted by Crippen LogP contribution is -2.45. The third kappa shape index (κ3) is 4.51. The van der Waals surface area contributed by atoms with E-state index in [-0.39, 0.29) is 21.7 Å². The van der Waals surface area contributed by atoms with Gasteiger partial charge in [0.25, 0.3) is 5.56 Å². The molecule has 2 rings (SSSR count).